The average Bonchev–Trinajstić information content (AvgIpc) is 3.09. The van der Waals surface area contributed by atoms with Crippen LogP contribution in [0, 0.1) is 5.92 Å². The smallest absolute Gasteiger partial charge is 0.322 e. The molecular weight excluding hydrogens is 292 g/mol. The zero-order valence-electron chi connectivity index (χ0n) is 13.7. The summed E-state index contributed by atoms with van der Waals surface area (Å²) in [7, 11) is 0. The second-order valence-corrected chi connectivity index (χ2v) is 6.56. The summed E-state index contributed by atoms with van der Waals surface area (Å²) in [6.45, 7) is 4.78. The Balaban J connectivity index is 1.75. The number of likely N-dealkylation sites (tertiary alicyclic amines) is 1. The van der Waals surface area contributed by atoms with E-state index in [0.717, 1.165) is 37.4 Å². The number of anilines is 2. The Morgan fingerprint density at radius 1 is 1.35 bits per heavy atom. The standard InChI is InChI=1S/C17H26N4O2/c1-13-6-5-11-21(15(13)12-22)17(23)19-14-7-4-8-18-16(14)20-9-2-3-10-20/h4,7-8,13,15,22H,2-3,5-6,9-12H2,1H3,(H,19,23). The number of carbonyl (C=O) groups excluding carboxylic acids is 1. The van der Waals surface area contributed by atoms with E-state index >= 15 is 0 Å². The lowest BCUT2D eigenvalue weighted by Gasteiger charge is -2.39. The highest BCUT2D eigenvalue weighted by Gasteiger charge is 2.31. The molecule has 0 spiro atoms. The molecule has 0 radical (unpaired) electrons. The Morgan fingerprint density at radius 3 is 2.87 bits per heavy atom. The lowest BCUT2D eigenvalue weighted by Crippen LogP contribution is -2.51. The van der Waals surface area contributed by atoms with Crippen LogP contribution in [0.3, 0.4) is 0 Å². The van der Waals surface area contributed by atoms with Gasteiger partial charge in [0.15, 0.2) is 5.82 Å². The number of nitrogens with one attached hydrogen (secondary N) is 1. The highest BCUT2D eigenvalue weighted by molar-refractivity contribution is 5.92. The lowest BCUT2D eigenvalue weighted by atomic mass is 9.91. The van der Waals surface area contributed by atoms with Crippen LogP contribution in [0.5, 0.6) is 0 Å². The van der Waals surface area contributed by atoms with Crippen molar-refractivity contribution in [3.8, 4) is 0 Å². The third kappa shape index (κ3) is 3.42. The Hall–Kier alpha value is -1.82. The fourth-order valence-corrected chi connectivity index (χ4v) is 3.64. The first-order valence-corrected chi connectivity index (χ1v) is 8.59. The molecular formula is C17H26N4O2. The molecule has 126 valence electrons. The largest absolute Gasteiger partial charge is 0.394 e. The van der Waals surface area contributed by atoms with Gasteiger partial charge in [0.2, 0.25) is 0 Å². The van der Waals surface area contributed by atoms with Crippen LogP contribution in [0.4, 0.5) is 16.3 Å². The van der Waals surface area contributed by atoms with Gasteiger partial charge in [0.05, 0.1) is 18.3 Å². The van der Waals surface area contributed by atoms with Crippen LogP contribution < -0.4 is 10.2 Å². The average molecular weight is 318 g/mol. The van der Waals surface area contributed by atoms with Crippen LogP contribution in [0.25, 0.3) is 0 Å². The Kier molecular flexibility index (Phi) is 5.00. The number of pyridine rings is 1. The molecule has 6 heteroatoms. The van der Waals surface area contributed by atoms with Crippen LogP contribution in [0.1, 0.15) is 32.6 Å². The van der Waals surface area contributed by atoms with E-state index in [1.54, 1.807) is 11.1 Å². The number of piperidine rings is 1. The van der Waals surface area contributed by atoms with E-state index in [9.17, 15) is 9.90 Å². The number of hydrogen-bond donors (Lipinski definition) is 2. The number of amides is 2. The first-order valence-electron chi connectivity index (χ1n) is 8.59. The SMILES string of the molecule is CC1CCCN(C(=O)Nc2cccnc2N2CCCC2)C1CO. The summed E-state index contributed by atoms with van der Waals surface area (Å²) in [5, 5.41) is 12.6. The summed E-state index contributed by atoms with van der Waals surface area (Å²) in [4.78, 5) is 21.2. The zero-order chi connectivity index (χ0) is 16.2. The lowest BCUT2D eigenvalue weighted by molar-refractivity contribution is 0.0811. The first-order chi connectivity index (χ1) is 11.2. The third-order valence-corrected chi connectivity index (χ3v) is 5.00. The molecule has 2 saturated heterocycles. The minimum Gasteiger partial charge on any atom is -0.394 e. The van der Waals surface area contributed by atoms with Crippen LogP contribution in [-0.4, -0.2) is 53.3 Å². The molecule has 0 aromatic carbocycles. The van der Waals surface area contributed by atoms with E-state index in [4.69, 9.17) is 0 Å². The number of hydrogen-bond acceptors (Lipinski definition) is 4. The number of aliphatic hydroxyl groups is 1. The summed E-state index contributed by atoms with van der Waals surface area (Å²) in [6, 6.07) is 3.51. The summed E-state index contributed by atoms with van der Waals surface area (Å²) in [6.07, 6.45) is 6.14. The van der Waals surface area contributed by atoms with Crippen molar-refractivity contribution >= 4 is 17.5 Å². The minimum atomic E-state index is -0.135. The van der Waals surface area contributed by atoms with Gasteiger partial charge in [-0.05, 0) is 43.7 Å². The van der Waals surface area contributed by atoms with Crippen molar-refractivity contribution in [2.24, 2.45) is 5.92 Å². The van der Waals surface area contributed by atoms with Gasteiger partial charge in [-0.15, -0.1) is 0 Å². The highest BCUT2D eigenvalue weighted by atomic mass is 16.3. The van der Waals surface area contributed by atoms with Crippen LogP contribution in [0.2, 0.25) is 0 Å². The van der Waals surface area contributed by atoms with Gasteiger partial charge in [0.25, 0.3) is 0 Å². The predicted octanol–water partition coefficient (Wildman–Crippen LogP) is 2.31. The van der Waals surface area contributed by atoms with Crippen molar-refractivity contribution in [3.05, 3.63) is 18.3 Å². The highest BCUT2D eigenvalue weighted by Crippen LogP contribution is 2.28. The molecule has 1 aromatic heterocycles. The molecule has 2 aliphatic heterocycles. The molecule has 0 aliphatic carbocycles. The molecule has 23 heavy (non-hydrogen) atoms. The van der Waals surface area contributed by atoms with Gasteiger partial charge in [0.1, 0.15) is 0 Å². The first kappa shape index (κ1) is 16.1. The van der Waals surface area contributed by atoms with E-state index in [1.807, 2.05) is 12.1 Å². The third-order valence-electron chi connectivity index (χ3n) is 5.00. The molecule has 2 aliphatic rings. The van der Waals surface area contributed by atoms with Crippen LogP contribution in [-0.2, 0) is 0 Å². The summed E-state index contributed by atoms with van der Waals surface area (Å²) < 4.78 is 0. The van der Waals surface area contributed by atoms with Crippen LogP contribution in [0.15, 0.2) is 18.3 Å². The van der Waals surface area contributed by atoms with Gasteiger partial charge in [0, 0.05) is 25.8 Å². The van der Waals surface area contributed by atoms with E-state index in [2.05, 4.69) is 22.1 Å². The van der Waals surface area contributed by atoms with Crippen LogP contribution >= 0.6 is 0 Å². The summed E-state index contributed by atoms with van der Waals surface area (Å²) >= 11 is 0. The fraction of sp³-hybridized carbons (Fsp3) is 0.647. The van der Waals surface area contributed by atoms with Gasteiger partial charge in [-0.25, -0.2) is 9.78 Å². The number of carbonyl (C=O) groups is 1. The molecule has 1 aromatic rings. The van der Waals surface area contributed by atoms with Crippen molar-refractivity contribution in [2.75, 3.05) is 36.5 Å². The van der Waals surface area contributed by atoms with Crippen molar-refractivity contribution in [1.82, 2.24) is 9.88 Å². The number of nitrogens with zero attached hydrogens (tertiary/aromatic N) is 3. The second kappa shape index (κ2) is 7.17. The maximum absolute atomic E-state index is 12.7. The molecule has 0 saturated carbocycles. The van der Waals surface area contributed by atoms with Crippen molar-refractivity contribution in [3.63, 3.8) is 0 Å². The van der Waals surface area contributed by atoms with E-state index in [0.29, 0.717) is 12.5 Å². The molecule has 0 bridgehead atoms. The van der Waals surface area contributed by atoms with Crippen molar-refractivity contribution in [2.45, 2.75) is 38.6 Å². The quantitative estimate of drug-likeness (QED) is 0.897. The molecule has 2 N–H and O–H groups in total. The predicted molar refractivity (Wildman–Crippen MR) is 90.7 cm³/mol. The molecule has 2 atom stereocenters. The molecule has 6 nitrogen and oxygen atoms in total. The van der Waals surface area contributed by atoms with E-state index in [-0.39, 0.29) is 18.7 Å². The zero-order valence-corrected chi connectivity index (χ0v) is 13.7. The molecule has 2 amide bonds. The van der Waals surface area contributed by atoms with Gasteiger partial charge in [-0.2, -0.15) is 0 Å². The molecule has 2 unspecified atom stereocenters. The fourth-order valence-electron chi connectivity index (χ4n) is 3.64. The van der Waals surface area contributed by atoms with Gasteiger partial charge in [-0.3, -0.25) is 0 Å². The number of aromatic nitrogens is 1. The van der Waals surface area contributed by atoms with Gasteiger partial charge >= 0.3 is 6.03 Å². The van der Waals surface area contributed by atoms with Gasteiger partial charge < -0.3 is 20.2 Å². The monoisotopic (exact) mass is 318 g/mol. The number of aliphatic hydroxyl groups excluding tert-OH is 1. The number of urea groups is 1. The van der Waals surface area contributed by atoms with Crippen molar-refractivity contribution in [1.29, 1.82) is 0 Å². The minimum absolute atomic E-state index is 0.0145. The maximum Gasteiger partial charge on any atom is 0.322 e. The normalized spacial score (nSPS) is 24.8. The van der Waals surface area contributed by atoms with E-state index in [1.165, 1.54) is 12.8 Å². The Bertz CT molecular complexity index is 545. The topological polar surface area (TPSA) is 68.7 Å². The van der Waals surface area contributed by atoms with E-state index < -0.39 is 0 Å². The Morgan fingerprint density at radius 2 is 2.13 bits per heavy atom. The number of rotatable bonds is 3. The maximum atomic E-state index is 12.7. The summed E-state index contributed by atoms with van der Waals surface area (Å²) in [5.74, 6) is 1.18. The second-order valence-electron chi connectivity index (χ2n) is 6.56. The summed E-state index contributed by atoms with van der Waals surface area (Å²) in [5.41, 5.74) is 0.759. The van der Waals surface area contributed by atoms with Crippen molar-refractivity contribution < 1.29 is 9.90 Å². The molecule has 2 fully saturated rings. The molecule has 3 rings (SSSR count). The molecule has 3 heterocycles. The Labute approximate surface area is 137 Å². The van der Waals surface area contributed by atoms with Gasteiger partial charge in [-0.1, -0.05) is 6.92 Å².